The lowest BCUT2D eigenvalue weighted by Gasteiger charge is -2.18. The summed E-state index contributed by atoms with van der Waals surface area (Å²) in [5.41, 5.74) is -1.36. The van der Waals surface area contributed by atoms with Crippen LogP contribution in [0.5, 0.6) is 0 Å². The number of hydrogen-bond acceptors (Lipinski definition) is 1. The van der Waals surface area contributed by atoms with E-state index >= 15 is 0 Å². The van der Waals surface area contributed by atoms with Gasteiger partial charge in [0.15, 0.2) is 0 Å². The van der Waals surface area contributed by atoms with E-state index in [1.54, 1.807) is 0 Å². The van der Waals surface area contributed by atoms with E-state index < -0.39 is 5.43 Å². The lowest BCUT2D eigenvalue weighted by molar-refractivity contribution is 0.220. The normalized spacial score (nSPS) is 17.8. The Morgan fingerprint density at radius 3 is 2.08 bits per heavy atom. The van der Waals surface area contributed by atoms with Crippen LogP contribution in [0.25, 0.3) is 0 Å². The van der Waals surface area contributed by atoms with Gasteiger partial charge in [-0.25, -0.2) is 4.79 Å². The second-order valence-electron chi connectivity index (χ2n) is 2.91. The molecule has 0 aromatic rings. The number of carbonyl (C=O) groups is 1. The third kappa shape index (κ3) is 8.34. The van der Waals surface area contributed by atoms with Crippen LogP contribution in [0.15, 0.2) is 0 Å². The van der Waals surface area contributed by atoms with E-state index in [4.69, 9.17) is 9.90 Å². The minimum Gasteiger partial charge on any atom is -0.469 e. The molecule has 1 fully saturated rings. The third-order valence-corrected chi connectivity index (χ3v) is 2.86. The maximum atomic E-state index is 8.77. The van der Waals surface area contributed by atoms with E-state index in [2.05, 4.69) is 27.5 Å². The molecule has 1 N–H and O–H groups in total. The molecule has 1 saturated carbocycles. The molecule has 0 heterocycles. The summed E-state index contributed by atoms with van der Waals surface area (Å²) in [6.07, 6.45) is 7.34. The summed E-state index contributed by atoms with van der Waals surface area (Å²) in [5.74, 6) is 1.00. The fourth-order valence-corrected chi connectivity index (χ4v) is 1.99. The topological polar surface area (TPSA) is 37.3 Å². The van der Waals surface area contributed by atoms with Gasteiger partial charge in [0, 0.05) is 16.9 Å². The first kappa shape index (κ1) is 12.2. The van der Waals surface area contributed by atoms with Gasteiger partial charge in [-0.15, -0.1) is 0 Å². The Kier molecular flexibility index (Phi) is 8.02. The molecule has 1 rings (SSSR count). The smallest absolute Gasteiger partial charge is 0.401 e. The van der Waals surface area contributed by atoms with Crippen molar-refractivity contribution in [1.82, 2.24) is 0 Å². The van der Waals surface area contributed by atoms with Crippen molar-refractivity contribution in [2.24, 2.45) is 5.92 Å². The highest BCUT2D eigenvalue weighted by molar-refractivity contribution is 9.09. The van der Waals surface area contributed by atoms with Crippen molar-refractivity contribution in [3.05, 3.63) is 0 Å². The molecule has 0 spiro atoms. The molecule has 0 unspecified atom stereocenters. The molecule has 2 nitrogen and oxygen atoms in total. The number of hydrogen-bond donors (Lipinski definition) is 1. The zero-order valence-corrected chi connectivity index (χ0v) is 9.27. The van der Waals surface area contributed by atoms with Crippen LogP contribution in [0.2, 0.25) is 0 Å². The van der Waals surface area contributed by atoms with Crippen molar-refractivity contribution in [2.75, 3.05) is 5.33 Å². The van der Waals surface area contributed by atoms with Crippen molar-refractivity contribution in [3.63, 3.8) is 0 Å². The molecular weight excluding hydrogens is 243 g/mol. The van der Waals surface area contributed by atoms with Crippen LogP contribution in [0.1, 0.15) is 32.1 Å². The number of alkyl halides is 1. The standard InChI is InChI=1S/C7H13Br.CHClO2/c8-6-7-4-2-1-3-5-7;2-1(3)4/h7H,1-6H2;(H,3,4). The van der Waals surface area contributed by atoms with E-state index in [0.717, 1.165) is 5.92 Å². The van der Waals surface area contributed by atoms with Gasteiger partial charge in [-0.05, 0) is 18.8 Å². The number of halogens is 2. The van der Waals surface area contributed by atoms with Gasteiger partial charge in [0.25, 0.3) is 0 Å². The van der Waals surface area contributed by atoms with Crippen LogP contribution >= 0.6 is 27.5 Å². The summed E-state index contributed by atoms with van der Waals surface area (Å²) in [6, 6.07) is 0. The lowest BCUT2D eigenvalue weighted by atomic mass is 9.91. The first-order chi connectivity index (χ1) is 5.66. The highest BCUT2D eigenvalue weighted by atomic mass is 79.9. The van der Waals surface area contributed by atoms with Crippen molar-refractivity contribution >= 4 is 33.0 Å². The fourth-order valence-electron chi connectivity index (χ4n) is 1.34. The van der Waals surface area contributed by atoms with Gasteiger partial charge >= 0.3 is 5.43 Å². The van der Waals surface area contributed by atoms with E-state index in [-0.39, 0.29) is 0 Å². The first-order valence-electron chi connectivity index (χ1n) is 4.11. The Morgan fingerprint density at radius 2 is 1.83 bits per heavy atom. The summed E-state index contributed by atoms with van der Waals surface area (Å²) >= 11 is 7.70. The monoisotopic (exact) mass is 256 g/mol. The maximum Gasteiger partial charge on any atom is 0.401 e. The molecule has 0 radical (unpaired) electrons. The van der Waals surface area contributed by atoms with Crippen molar-refractivity contribution in [3.8, 4) is 0 Å². The van der Waals surface area contributed by atoms with Crippen LogP contribution in [0, 0.1) is 5.92 Å². The molecule has 0 atom stereocenters. The number of carboxylic acid groups (broad SMARTS) is 1. The van der Waals surface area contributed by atoms with Crippen LogP contribution in [-0.4, -0.2) is 15.9 Å². The molecule has 0 aliphatic heterocycles. The van der Waals surface area contributed by atoms with Gasteiger partial charge in [0.2, 0.25) is 0 Å². The highest BCUT2D eigenvalue weighted by Crippen LogP contribution is 2.24. The Balaban J connectivity index is 0.000000261. The zero-order chi connectivity index (χ0) is 9.40. The summed E-state index contributed by atoms with van der Waals surface area (Å²) in [7, 11) is 0. The lowest BCUT2D eigenvalue weighted by Crippen LogP contribution is -2.06. The third-order valence-electron chi connectivity index (χ3n) is 1.94. The van der Waals surface area contributed by atoms with Crippen LogP contribution in [0.3, 0.4) is 0 Å². The van der Waals surface area contributed by atoms with Crippen molar-refractivity contribution < 1.29 is 9.90 Å². The molecule has 0 bridgehead atoms. The van der Waals surface area contributed by atoms with Crippen LogP contribution < -0.4 is 0 Å². The Morgan fingerprint density at radius 1 is 1.42 bits per heavy atom. The predicted octanol–water partition coefficient (Wildman–Crippen LogP) is 3.86. The van der Waals surface area contributed by atoms with Gasteiger partial charge in [0.05, 0.1) is 0 Å². The van der Waals surface area contributed by atoms with Crippen LogP contribution in [-0.2, 0) is 0 Å². The minimum atomic E-state index is -1.36. The van der Waals surface area contributed by atoms with E-state index in [0.29, 0.717) is 0 Å². The van der Waals surface area contributed by atoms with Gasteiger partial charge in [0.1, 0.15) is 0 Å². The van der Waals surface area contributed by atoms with Gasteiger partial charge in [-0.3, -0.25) is 0 Å². The maximum absolute atomic E-state index is 8.77. The minimum absolute atomic E-state index is 1.00. The van der Waals surface area contributed by atoms with Gasteiger partial charge in [-0.2, -0.15) is 0 Å². The molecule has 0 amide bonds. The average molecular weight is 258 g/mol. The van der Waals surface area contributed by atoms with E-state index in [1.165, 1.54) is 37.4 Å². The molecule has 0 saturated heterocycles. The molecule has 0 aromatic carbocycles. The summed E-state index contributed by atoms with van der Waals surface area (Å²) < 4.78 is 0. The molecule has 12 heavy (non-hydrogen) atoms. The fraction of sp³-hybridized carbons (Fsp3) is 0.875. The van der Waals surface area contributed by atoms with Crippen molar-refractivity contribution in [2.45, 2.75) is 32.1 Å². The number of rotatable bonds is 1. The van der Waals surface area contributed by atoms with Gasteiger partial charge < -0.3 is 5.11 Å². The molecule has 1 aliphatic carbocycles. The predicted molar refractivity (Wildman–Crippen MR) is 54.2 cm³/mol. The molecule has 4 heteroatoms. The van der Waals surface area contributed by atoms with E-state index in [9.17, 15) is 0 Å². The quantitative estimate of drug-likeness (QED) is 0.572. The van der Waals surface area contributed by atoms with Crippen LogP contribution in [0.4, 0.5) is 4.79 Å². The first-order valence-corrected chi connectivity index (χ1v) is 5.61. The Labute approximate surface area is 86.4 Å². The second-order valence-corrected chi connectivity index (χ2v) is 3.88. The Hall–Kier alpha value is 0.240. The summed E-state index contributed by atoms with van der Waals surface area (Å²) in [4.78, 5) is 8.77. The highest BCUT2D eigenvalue weighted by Gasteiger charge is 2.10. The zero-order valence-electron chi connectivity index (χ0n) is 6.93. The Bertz CT molecular complexity index is 120. The van der Waals surface area contributed by atoms with Gasteiger partial charge in [-0.1, -0.05) is 35.2 Å². The largest absolute Gasteiger partial charge is 0.469 e. The molecular formula is C8H14BrClO2. The van der Waals surface area contributed by atoms with E-state index in [1.807, 2.05) is 0 Å². The van der Waals surface area contributed by atoms with Crippen molar-refractivity contribution in [1.29, 1.82) is 0 Å². The molecule has 72 valence electrons. The molecule has 0 aromatic heterocycles. The second kappa shape index (κ2) is 7.87. The summed E-state index contributed by atoms with van der Waals surface area (Å²) in [6.45, 7) is 0. The SMILES string of the molecule is BrCC1CCCCC1.O=C(O)Cl. The average Bonchev–Trinajstić information content (AvgIpc) is 2.05. The molecule has 1 aliphatic rings. The summed E-state index contributed by atoms with van der Waals surface area (Å²) in [5, 5.41) is 8.41.